The van der Waals surface area contributed by atoms with Gasteiger partial charge < -0.3 is 19.9 Å². The summed E-state index contributed by atoms with van der Waals surface area (Å²) in [7, 11) is 1.78. The van der Waals surface area contributed by atoms with E-state index >= 15 is 0 Å². The topological polar surface area (TPSA) is 120 Å². The van der Waals surface area contributed by atoms with E-state index in [9.17, 15) is 14.7 Å². The van der Waals surface area contributed by atoms with Gasteiger partial charge in [-0.1, -0.05) is 62.7 Å². The van der Waals surface area contributed by atoms with E-state index in [-0.39, 0.29) is 18.1 Å². The quantitative estimate of drug-likeness (QED) is 0.223. The van der Waals surface area contributed by atoms with Crippen LogP contribution in [0.2, 0.25) is 0 Å². The van der Waals surface area contributed by atoms with Gasteiger partial charge in [0.25, 0.3) is 5.56 Å². The summed E-state index contributed by atoms with van der Waals surface area (Å²) in [5.74, 6) is 1.09. The first-order valence-electron chi connectivity index (χ1n) is 14.6. The number of aryl methyl sites for hydroxylation is 3. The third-order valence-electron chi connectivity index (χ3n) is 7.18. The third kappa shape index (κ3) is 7.24. The SMILES string of the molecule is CCCc1nn(C)c2c(=O)n(CCOc3ccc(C[C@@H](OCC)C(=O)N[C@H](CO)c4ccccc4)cc3)c(CC)nc12. The number of rotatable bonds is 15. The van der Waals surface area contributed by atoms with Gasteiger partial charge in [0.1, 0.15) is 29.8 Å². The van der Waals surface area contributed by atoms with Crippen molar-refractivity contribution in [3.63, 3.8) is 0 Å². The Labute approximate surface area is 246 Å². The van der Waals surface area contributed by atoms with Crippen LogP contribution < -0.4 is 15.6 Å². The maximum absolute atomic E-state index is 13.4. The fourth-order valence-electron chi connectivity index (χ4n) is 5.07. The molecule has 224 valence electrons. The number of amides is 1. The second-order valence-corrected chi connectivity index (χ2v) is 10.2. The van der Waals surface area contributed by atoms with E-state index in [0.717, 1.165) is 29.7 Å². The van der Waals surface area contributed by atoms with E-state index in [1.807, 2.05) is 68.4 Å². The van der Waals surface area contributed by atoms with Crippen molar-refractivity contribution in [2.45, 2.75) is 65.1 Å². The second kappa shape index (κ2) is 14.7. The number of aromatic nitrogens is 4. The standard InChI is InChI=1S/C32H41N5O5/c1-5-11-25-29-30(36(4)35-25)32(40)37(28(6-2)34-29)18-19-42-24-16-14-22(15-17-24)20-27(41-7-3)31(39)33-26(21-38)23-12-9-8-10-13-23/h8-10,12-17,26-27,38H,5-7,11,18-21H2,1-4H3,(H,33,39)/t26-,27-/m1/s1. The third-order valence-corrected chi connectivity index (χ3v) is 7.18. The lowest BCUT2D eigenvalue weighted by Crippen LogP contribution is -2.41. The van der Waals surface area contributed by atoms with Gasteiger partial charge in [0, 0.05) is 26.5 Å². The van der Waals surface area contributed by atoms with Gasteiger partial charge in [-0.3, -0.25) is 18.8 Å². The number of benzene rings is 2. The number of fused-ring (bicyclic) bond motifs is 1. The Morgan fingerprint density at radius 1 is 1.07 bits per heavy atom. The fourth-order valence-corrected chi connectivity index (χ4v) is 5.07. The molecular weight excluding hydrogens is 534 g/mol. The summed E-state index contributed by atoms with van der Waals surface area (Å²) >= 11 is 0. The zero-order valence-electron chi connectivity index (χ0n) is 24.9. The van der Waals surface area contributed by atoms with Gasteiger partial charge in [-0.15, -0.1) is 0 Å². The summed E-state index contributed by atoms with van der Waals surface area (Å²) in [6.45, 7) is 6.75. The highest BCUT2D eigenvalue weighted by molar-refractivity contribution is 5.81. The smallest absolute Gasteiger partial charge is 0.279 e. The summed E-state index contributed by atoms with van der Waals surface area (Å²) < 4.78 is 15.0. The van der Waals surface area contributed by atoms with Crippen LogP contribution in [-0.4, -0.2) is 56.3 Å². The van der Waals surface area contributed by atoms with E-state index in [1.165, 1.54) is 0 Å². The minimum Gasteiger partial charge on any atom is -0.492 e. The molecule has 0 spiro atoms. The van der Waals surface area contributed by atoms with Gasteiger partial charge in [0.2, 0.25) is 5.91 Å². The van der Waals surface area contributed by atoms with E-state index in [0.29, 0.717) is 55.2 Å². The lowest BCUT2D eigenvalue weighted by molar-refractivity contribution is -0.133. The van der Waals surface area contributed by atoms with Crippen LogP contribution in [0.3, 0.4) is 0 Å². The minimum atomic E-state index is -0.703. The molecule has 4 rings (SSSR count). The van der Waals surface area contributed by atoms with Gasteiger partial charge in [0.05, 0.1) is 24.9 Å². The predicted octanol–water partition coefficient (Wildman–Crippen LogP) is 3.52. The molecule has 0 saturated carbocycles. The van der Waals surface area contributed by atoms with Crippen molar-refractivity contribution >= 4 is 16.9 Å². The number of nitrogens with zero attached hydrogens (tertiary/aromatic N) is 4. The minimum absolute atomic E-state index is 0.107. The Kier molecular flexibility index (Phi) is 10.9. The molecule has 0 unspecified atom stereocenters. The molecule has 2 heterocycles. The van der Waals surface area contributed by atoms with Crippen molar-refractivity contribution in [2.75, 3.05) is 19.8 Å². The zero-order chi connectivity index (χ0) is 30.1. The normalized spacial score (nSPS) is 12.8. The molecule has 0 saturated heterocycles. The molecular formula is C32H41N5O5. The van der Waals surface area contributed by atoms with Crippen molar-refractivity contribution in [1.29, 1.82) is 0 Å². The summed E-state index contributed by atoms with van der Waals surface area (Å²) in [6.07, 6.45) is 2.01. The van der Waals surface area contributed by atoms with E-state index in [4.69, 9.17) is 14.5 Å². The van der Waals surface area contributed by atoms with E-state index in [2.05, 4.69) is 17.3 Å². The molecule has 2 aromatic carbocycles. The summed E-state index contributed by atoms with van der Waals surface area (Å²) in [5.41, 5.74) is 3.70. The molecule has 2 aromatic heterocycles. The van der Waals surface area contributed by atoms with Crippen LogP contribution in [0.15, 0.2) is 59.4 Å². The van der Waals surface area contributed by atoms with Crippen molar-refractivity contribution < 1.29 is 19.4 Å². The lowest BCUT2D eigenvalue weighted by Gasteiger charge is -2.22. The Morgan fingerprint density at radius 2 is 1.81 bits per heavy atom. The molecule has 0 aliphatic carbocycles. The van der Waals surface area contributed by atoms with Gasteiger partial charge >= 0.3 is 0 Å². The zero-order valence-corrected chi connectivity index (χ0v) is 24.9. The van der Waals surface area contributed by atoms with Crippen molar-refractivity contribution in [2.24, 2.45) is 7.05 Å². The van der Waals surface area contributed by atoms with Gasteiger partial charge in [-0.25, -0.2) is 4.98 Å². The number of carbonyl (C=O) groups excluding carboxylic acids is 1. The van der Waals surface area contributed by atoms with E-state index in [1.54, 1.807) is 16.3 Å². The van der Waals surface area contributed by atoms with Crippen LogP contribution in [0.25, 0.3) is 11.0 Å². The summed E-state index contributed by atoms with van der Waals surface area (Å²) in [4.78, 5) is 31.2. The van der Waals surface area contributed by atoms with Crippen molar-refractivity contribution in [1.82, 2.24) is 24.6 Å². The average molecular weight is 576 g/mol. The first-order chi connectivity index (χ1) is 20.4. The molecule has 10 nitrogen and oxygen atoms in total. The van der Waals surface area contributed by atoms with Gasteiger partial charge in [0.15, 0.2) is 5.52 Å². The number of nitrogens with one attached hydrogen (secondary N) is 1. The first kappa shape index (κ1) is 30.9. The molecule has 4 aromatic rings. The number of hydrogen-bond donors (Lipinski definition) is 2. The maximum Gasteiger partial charge on any atom is 0.279 e. The highest BCUT2D eigenvalue weighted by Gasteiger charge is 2.23. The highest BCUT2D eigenvalue weighted by atomic mass is 16.5. The number of aliphatic hydroxyl groups is 1. The van der Waals surface area contributed by atoms with Crippen LogP contribution >= 0.6 is 0 Å². The van der Waals surface area contributed by atoms with Crippen LogP contribution in [0, 0.1) is 0 Å². The molecule has 0 fully saturated rings. The number of ether oxygens (including phenoxy) is 2. The summed E-state index contributed by atoms with van der Waals surface area (Å²) in [5, 5.41) is 17.3. The highest BCUT2D eigenvalue weighted by Crippen LogP contribution is 2.18. The van der Waals surface area contributed by atoms with Crippen LogP contribution in [0.1, 0.15) is 55.9 Å². The van der Waals surface area contributed by atoms with Crippen LogP contribution in [0.4, 0.5) is 0 Å². The van der Waals surface area contributed by atoms with Crippen molar-refractivity contribution in [3.8, 4) is 5.75 Å². The molecule has 42 heavy (non-hydrogen) atoms. The first-order valence-corrected chi connectivity index (χ1v) is 14.6. The molecule has 0 aliphatic rings. The molecule has 0 bridgehead atoms. The van der Waals surface area contributed by atoms with Gasteiger partial charge in [-0.2, -0.15) is 5.10 Å². The molecule has 2 N–H and O–H groups in total. The number of aliphatic hydroxyl groups excluding tert-OH is 1. The summed E-state index contributed by atoms with van der Waals surface area (Å²) in [6, 6.07) is 16.3. The second-order valence-electron chi connectivity index (χ2n) is 10.2. The Bertz CT molecular complexity index is 1510. The van der Waals surface area contributed by atoms with Crippen LogP contribution in [0.5, 0.6) is 5.75 Å². The Balaban J connectivity index is 1.39. The molecule has 0 aliphatic heterocycles. The molecule has 0 radical (unpaired) electrons. The molecule has 2 atom stereocenters. The van der Waals surface area contributed by atoms with Gasteiger partial charge in [-0.05, 0) is 36.6 Å². The largest absolute Gasteiger partial charge is 0.492 e. The predicted molar refractivity (Wildman–Crippen MR) is 162 cm³/mol. The van der Waals surface area contributed by atoms with Crippen LogP contribution in [-0.2, 0) is 42.4 Å². The monoisotopic (exact) mass is 575 g/mol. The van der Waals surface area contributed by atoms with E-state index < -0.39 is 12.1 Å². The average Bonchev–Trinajstić information content (AvgIpc) is 3.32. The lowest BCUT2D eigenvalue weighted by atomic mass is 10.0. The Hall–Kier alpha value is -4.02. The Morgan fingerprint density at radius 3 is 2.45 bits per heavy atom. The molecule has 1 amide bonds. The van der Waals surface area contributed by atoms with Crippen molar-refractivity contribution in [3.05, 3.63) is 87.6 Å². The maximum atomic E-state index is 13.4. The molecule has 10 heteroatoms. The fraction of sp³-hybridized carbons (Fsp3) is 0.438. The number of hydrogen-bond acceptors (Lipinski definition) is 7. The number of carbonyl (C=O) groups is 1.